The van der Waals surface area contributed by atoms with Gasteiger partial charge in [-0.25, -0.2) is 4.39 Å². The van der Waals surface area contributed by atoms with E-state index in [4.69, 9.17) is 11.6 Å². The summed E-state index contributed by atoms with van der Waals surface area (Å²) >= 11 is 7.45. The highest BCUT2D eigenvalue weighted by Gasteiger charge is 2.12. The summed E-state index contributed by atoms with van der Waals surface area (Å²) in [6.45, 7) is 0.407. The number of halogens is 2. The van der Waals surface area contributed by atoms with Crippen molar-refractivity contribution in [2.75, 3.05) is 11.9 Å². The summed E-state index contributed by atoms with van der Waals surface area (Å²) in [4.78, 5) is 25.1. The number of benzene rings is 2. The first-order valence-corrected chi connectivity index (χ1v) is 9.46. The Morgan fingerprint density at radius 2 is 1.81 bits per heavy atom. The third-order valence-electron chi connectivity index (χ3n) is 3.83. The molecule has 3 rings (SSSR count). The molecule has 4 nitrogen and oxygen atoms in total. The second kappa shape index (κ2) is 8.79. The molecule has 0 saturated carbocycles. The van der Waals surface area contributed by atoms with Gasteiger partial charge < -0.3 is 10.6 Å². The fourth-order valence-electron chi connectivity index (χ4n) is 2.43. The SMILES string of the molecule is O=C(NCCc1ccc(F)cc1)c1ccc(Cl)c(NC(=O)c2cccs2)c1. The first-order chi connectivity index (χ1) is 13.0. The van der Waals surface area contributed by atoms with Crippen molar-refractivity contribution < 1.29 is 14.0 Å². The number of carbonyl (C=O) groups is 2. The minimum Gasteiger partial charge on any atom is -0.352 e. The van der Waals surface area contributed by atoms with E-state index >= 15 is 0 Å². The molecular weight excluding hydrogens is 387 g/mol. The minimum atomic E-state index is -0.291. The maximum Gasteiger partial charge on any atom is 0.265 e. The van der Waals surface area contributed by atoms with Crippen molar-refractivity contribution in [3.8, 4) is 0 Å². The van der Waals surface area contributed by atoms with E-state index in [-0.39, 0.29) is 17.6 Å². The number of hydrogen-bond donors (Lipinski definition) is 2. The molecule has 0 spiro atoms. The monoisotopic (exact) mass is 402 g/mol. The van der Waals surface area contributed by atoms with Crippen LogP contribution in [0.3, 0.4) is 0 Å². The van der Waals surface area contributed by atoms with Crippen molar-refractivity contribution >= 4 is 40.4 Å². The van der Waals surface area contributed by atoms with E-state index < -0.39 is 0 Å². The van der Waals surface area contributed by atoms with Gasteiger partial charge in [-0.1, -0.05) is 29.8 Å². The van der Waals surface area contributed by atoms with Crippen molar-refractivity contribution in [3.63, 3.8) is 0 Å². The normalized spacial score (nSPS) is 10.4. The summed E-state index contributed by atoms with van der Waals surface area (Å²) < 4.78 is 12.9. The zero-order chi connectivity index (χ0) is 19.2. The molecule has 0 radical (unpaired) electrons. The zero-order valence-corrected chi connectivity index (χ0v) is 15.7. The van der Waals surface area contributed by atoms with E-state index in [0.717, 1.165) is 5.56 Å². The second-order valence-electron chi connectivity index (χ2n) is 5.76. The van der Waals surface area contributed by atoms with Gasteiger partial charge in [0.15, 0.2) is 0 Å². The molecule has 27 heavy (non-hydrogen) atoms. The van der Waals surface area contributed by atoms with Gasteiger partial charge >= 0.3 is 0 Å². The first-order valence-electron chi connectivity index (χ1n) is 8.20. The molecule has 2 amide bonds. The molecule has 0 saturated heterocycles. The van der Waals surface area contributed by atoms with Crippen LogP contribution in [0.2, 0.25) is 5.02 Å². The van der Waals surface area contributed by atoms with Gasteiger partial charge in [-0.3, -0.25) is 9.59 Å². The molecule has 7 heteroatoms. The van der Waals surface area contributed by atoms with Crippen LogP contribution in [-0.4, -0.2) is 18.4 Å². The summed E-state index contributed by atoms with van der Waals surface area (Å²) in [5.74, 6) is -0.845. The van der Waals surface area contributed by atoms with Crippen LogP contribution in [0.4, 0.5) is 10.1 Å². The number of nitrogens with one attached hydrogen (secondary N) is 2. The molecule has 2 aromatic carbocycles. The smallest absolute Gasteiger partial charge is 0.265 e. The Labute approximate surface area is 165 Å². The highest BCUT2D eigenvalue weighted by Crippen LogP contribution is 2.24. The number of carbonyl (C=O) groups excluding carboxylic acids is 2. The maximum absolute atomic E-state index is 12.9. The van der Waals surface area contributed by atoms with Crippen molar-refractivity contribution in [1.82, 2.24) is 5.32 Å². The Morgan fingerprint density at radius 1 is 1.04 bits per heavy atom. The Hall–Kier alpha value is -2.70. The average molecular weight is 403 g/mol. The molecule has 0 atom stereocenters. The second-order valence-corrected chi connectivity index (χ2v) is 7.11. The first kappa shape index (κ1) is 19.1. The van der Waals surface area contributed by atoms with Crippen LogP contribution in [0.1, 0.15) is 25.6 Å². The summed E-state index contributed by atoms with van der Waals surface area (Å²) in [5, 5.41) is 7.68. The molecule has 1 aromatic heterocycles. The number of hydrogen-bond acceptors (Lipinski definition) is 3. The van der Waals surface area contributed by atoms with E-state index in [1.54, 1.807) is 42.5 Å². The van der Waals surface area contributed by atoms with Gasteiger partial charge in [0.1, 0.15) is 5.82 Å². The van der Waals surface area contributed by atoms with E-state index in [0.29, 0.717) is 34.1 Å². The third-order valence-corrected chi connectivity index (χ3v) is 5.03. The lowest BCUT2D eigenvalue weighted by Gasteiger charge is -2.10. The van der Waals surface area contributed by atoms with Gasteiger partial charge in [0.2, 0.25) is 0 Å². The Bertz CT molecular complexity index is 943. The van der Waals surface area contributed by atoms with Crippen molar-refractivity contribution in [2.24, 2.45) is 0 Å². The van der Waals surface area contributed by atoms with E-state index in [1.165, 1.54) is 23.5 Å². The van der Waals surface area contributed by atoms with Gasteiger partial charge in [0.25, 0.3) is 11.8 Å². The lowest BCUT2D eigenvalue weighted by molar-refractivity contribution is 0.0952. The van der Waals surface area contributed by atoms with Crippen LogP contribution in [-0.2, 0) is 6.42 Å². The number of thiophene rings is 1. The molecule has 0 fully saturated rings. The molecule has 3 aromatic rings. The van der Waals surface area contributed by atoms with E-state index in [2.05, 4.69) is 10.6 Å². The van der Waals surface area contributed by atoms with Crippen molar-refractivity contribution in [2.45, 2.75) is 6.42 Å². The lowest BCUT2D eigenvalue weighted by Crippen LogP contribution is -2.25. The van der Waals surface area contributed by atoms with Crippen molar-refractivity contribution in [3.05, 3.63) is 86.8 Å². The molecule has 0 unspecified atom stereocenters. The topological polar surface area (TPSA) is 58.2 Å². The molecule has 0 aliphatic heterocycles. The van der Waals surface area contributed by atoms with Crippen molar-refractivity contribution in [1.29, 1.82) is 0 Å². The van der Waals surface area contributed by atoms with Gasteiger partial charge in [-0.05, 0) is 53.8 Å². The highest BCUT2D eigenvalue weighted by atomic mass is 35.5. The molecular formula is C20H16ClFN2O2S. The van der Waals surface area contributed by atoms with Crippen LogP contribution in [0.5, 0.6) is 0 Å². The lowest BCUT2D eigenvalue weighted by atomic mass is 10.1. The Balaban J connectivity index is 1.61. The fraction of sp³-hybridized carbons (Fsp3) is 0.100. The predicted octanol–water partition coefficient (Wildman–Crippen LogP) is 4.77. The van der Waals surface area contributed by atoms with Crippen LogP contribution in [0.15, 0.2) is 60.0 Å². The Kier molecular flexibility index (Phi) is 6.21. The summed E-state index contributed by atoms with van der Waals surface area (Å²) in [6, 6.07) is 14.3. The fourth-order valence-corrected chi connectivity index (χ4v) is 3.21. The summed E-state index contributed by atoms with van der Waals surface area (Å²) in [6.07, 6.45) is 0.585. The van der Waals surface area contributed by atoms with Gasteiger partial charge in [0, 0.05) is 12.1 Å². The Morgan fingerprint density at radius 3 is 2.52 bits per heavy atom. The molecule has 138 valence electrons. The van der Waals surface area contributed by atoms with Gasteiger partial charge in [0.05, 0.1) is 15.6 Å². The summed E-state index contributed by atoms with van der Waals surface area (Å²) in [5.41, 5.74) is 1.69. The zero-order valence-electron chi connectivity index (χ0n) is 14.2. The number of rotatable bonds is 6. The molecule has 2 N–H and O–H groups in total. The van der Waals surface area contributed by atoms with Crippen LogP contribution < -0.4 is 10.6 Å². The molecule has 0 bridgehead atoms. The minimum absolute atomic E-state index is 0.277. The quantitative estimate of drug-likeness (QED) is 0.624. The summed E-state index contributed by atoms with van der Waals surface area (Å²) in [7, 11) is 0. The average Bonchev–Trinajstić information content (AvgIpc) is 3.20. The largest absolute Gasteiger partial charge is 0.352 e. The maximum atomic E-state index is 12.9. The van der Waals surface area contributed by atoms with E-state index in [1.807, 2.05) is 5.38 Å². The van der Waals surface area contributed by atoms with Gasteiger partial charge in [-0.15, -0.1) is 11.3 Å². The van der Waals surface area contributed by atoms with Crippen LogP contribution >= 0.6 is 22.9 Å². The number of anilines is 1. The third kappa shape index (κ3) is 5.15. The molecule has 0 aliphatic carbocycles. The van der Waals surface area contributed by atoms with Gasteiger partial charge in [-0.2, -0.15) is 0 Å². The number of amides is 2. The van der Waals surface area contributed by atoms with Crippen LogP contribution in [0, 0.1) is 5.82 Å². The highest BCUT2D eigenvalue weighted by molar-refractivity contribution is 7.12. The molecule has 1 heterocycles. The molecule has 0 aliphatic rings. The standard InChI is InChI=1S/C20H16ClFN2O2S/c21-16-8-5-14(12-17(16)24-20(26)18-2-1-11-27-18)19(25)23-10-9-13-3-6-15(22)7-4-13/h1-8,11-12H,9-10H2,(H,23,25)(H,24,26). The predicted molar refractivity (Wildman–Crippen MR) is 106 cm³/mol. The van der Waals surface area contributed by atoms with E-state index in [9.17, 15) is 14.0 Å². The van der Waals surface area contributed by atoms with Crippen LogP contribution in [0.25, 0.3) is 0 Å².